The molecule has 0 aromatic heterocycles. The lowest BCUT2D eigenvalue weighted by atomic mass is 10.2. The number of anilines is 2. The van der Waals surface area contributed by atoms with Gasteiger partial charge in [-0.15, -0.1) is 0 Å². The molecule has 2 rings (SSSR count). The van der Waals surface area contributed by atoms with Gasteiger partial charge in [-0.3, -0.25) is 4.79 Å². The molecule has 0 spiro atoms. The van der Waals surface area contributed by atoms with Crippen LogP contribution in [0.25, 0.3) is 0 Å². The highest BCUT2D eigenvalue weighted by Gasteiger charge is 2.06. The second kappa shape index (κ2) is 10.6. The molecule has 25 heavy (non-hydrogen) atoms. The molecule has 0 fully saturated rings. The van der Waals surface area contributed by atoms with Crippen LogP contribution < -0.4 is 10.6 Å². The van der Waals surface area contributed by atoms with Crippen LogP contribution in [-0.2, 0) is 4.79 Å². The van der Waals surface area contributed by atoms with Gasteiger partial charge in [-0.2, -0.15) is 0 Å². The molecule has 1 amide bonds. The molecule has 3 nitrogen and oxygen atoms in total. The number of thiocarbonyl (C=S) groups is 1. The van der Waals surface area contributed by atoms with Crippen molar-refractivity contribution >= 4 is 34.5 Å². The molecule has 0 aliphatic carbocycles. The lowest BCUT2D eigenvalue weighted by Gasteiger charge is -2.09. The fraction of sp³-hybridized carbons (Fsp3) is 0.333. The summed E-state index contributed by atoms with van der Waals surface area (Å²) in [4.78, 5) is 12.2. The van der Waals surface area contributed by atoms with E-state index in [0.717, 1.165) is 21.9 Å². The first kappa shape index (κ1) is 20.8. The minimum absolute atomic E-state index is 0.0283. The number of amides is 1. The van der Waals surface area contributed by atoms with Gasteiger partial charge in [0.15, 0.2) is 0 Å². The Balaban J connectivity index is 0.000000251. The third kappa shape index (κ3) is 8.45. The van der Waals surface area contributed by atoms with Crippen molar-refractivity contribution in [3.63, 3.8) is 0 Å². The maximum atomic E-state index is 11.3. The van der Waals surface area contributed by atoms with E-state index in [1.54, 1.807) is 0 Å². The Hall–Kier alpha value is -2.20. The van der Waals surface area contributed by atoms with E-state index < -0.39 is 0 Å². The Morgan fingerprint density at radius 3 is 1.96 bits per heavy atom. The zero-order valence-electron chi connectivity index (χ0n) is 15.7. The van der Waals surface area contributed by atoms with Crippen molar-refractivity contribution in [2.75, 3.05) is 10.6 Å². The summed E-state index contributed by atoms with van der Waals surface area (Å²) in [7, 11) is 0. The summed E-state index contributed by atoms with van der Waals surface area (Å²) in [6.45, 7) is 9.93. The Bertz CT molecular complexity index is 681. The average Bonchev–Trinajstić information content (AvgIpc) is 2.56. The van der Waals surface area contributed by atoms with Crippen LogP contribution in [0.1, 0.15) is 33.3 Å². The van der Waals surface area contributed by atoms with Crippen molar-refractivity contribution in [2.45, 2.75) is 34.6 Å². The number of aryl methyl sites for hydroxylation is 1. The molecule has 134 valence electrons. The van der Waals surface area contributed by atoms with Gasteiger partial charge in [0.1, 0.15) is 0 Å². The molecule has 2 aromatic rings. The number of benzene rings is 2. The second-order valence-corrected chi connectivity index (χ2v) is 6.96. The van der Waals surface area contributed by atoms with E-state index in [4.69, 9.17) is 12.2 Å². The molecule has 0 saturated heterocycles. The Morgan fingerprint density at radius 1 is 0.840 bits per heavy atom. The van der Waals surface area contributed by atoms with Crippen molar-refractivity contribution in [1.82, 2.24) is 0 Å². The van der Waals surface area contributed by atoms with Gasteiger partial charge in [0, 0.05) is 23.2 Å². The third-order valence-electron chi connectivity index (χ3n) is 3.38. The monoisotopic (exact) mass is 356 g/mol. The van der Waals surface area contributed by atoms with E-state index >= 15 is 0 Å². The largest absolute Gasteiger partial charge is 0.350 e. The normalized spacial score (nSPS) is 10.0. The van der Waals surface area contributed by atoms with Gasteiger partial charge in [-0.05, 0) is 36.8 Å². The Labute approximate surface area is 156 Å². The highest BCUT2D eigenvalue weighted by atomic mass is 32.1. The summed E-state index contributed by atoms with van der Waals surface area (Å²) in [5, 5.41) is 6.02. The summed E-state index contributed by atoms with van der Waals surface area (Å²) in [6.07, 6.45) is 0. The van der Waals surface area contributed by atoms with Crippen molar-refractivity contribution in [1.29, 1.82) is 0 Å². The van der Waals surface area contributed by atoms with Crippen LogP contribution in [0.2, 0.25) is 0 Å². The van der Waals surface area contributed by atoms with Gasteiger partial charge >= 0.3 is 0 Å². The van der Waals surface area contributed by atoms with Gasteiger partial charge in [-0.1, -0.05) is 70.2 Å². The summed E-state index contributed by atoms with van der Waals surface area (Å²) >= 11 is 5.15. The molecule has 0 atom stereocenters. The lowest BCUT2D eigenvalue weighted by Crippen LogP contribution is -2.17. The fourth-order valence-corrected chi connectivity index (χ4v) is 1.94. The number of nitrogens with one attached hydrogen (secondary N) is 2. The van der Waals surface area contributed by atoms with Crippen LogP contribution in [0.4, 0.5) is 11.4 Å². The summed E-state index contributed by atoms with van der Waals surface area (Å²) < 4.78 is 0. The molecule has 0 heterocycles. The predicted molar refractivity (Wildman–Crippen MR) is 112 cm³/mol. The standard InChI is InChI=1S/C11H15NO.C10H13NS/c1-8(2)11(13)12-10-6-4-5-9(3)7-10;1-8(2)10(12)11-9-6-4-3-5-7-9/h4-8H,1-3H3,(H,12,13);3-8H,1-2H3,(H,11,12). The zero-order valence-corrected chi connectivity index (χ0v) is 16.5. The quantitative estimate of drug-likeness (QED) is 0.693. The first-order valence-corrected chi connectivity index (χ1v) is 8.94. The van der Waals surface area contributed by atoms with E-state index in [1.807, 2.05) is 75.4 Å². The van der Waals surface area contributed by atoms with Gasteiger partial charge in [-0.25, -0.2) is 0 Å². The van der Waals surface area contributed by atoms with Crippen LogP contribution >= 0.6 is 12.2 Å². The van der Waals surface area contributed by atoms with Gasteiger partial charge in [0.2, 0.25) is 5.91 Å². The van der Waals surface area contributed by atoms with E-state index in [-0.39, 0.29) is 11.8 Å². The number of hydrogen-bond donors (Lipinski definition) is 2. The fourth-order valence-electron chi connectivity index (χ4n) is 1.82. The maximum Gasteiger partial charge on any atom is 0.226 e. The molecule has 0 aliphatic heterocycles. The first-order chi connectivity index (χ1) is 11.8. The smallest absolute Gasteiger partial charge is 0.226 e. The van der Waals surface area contributed by atoms with Gasteiger partial charge in [0.25, 0.3) is 0 Å². The minimum Gasteiger partial charge on any atom is -0.350 e. The minimum atomic E-state index is 0.0283. The van der Waals surface area contributed by atoms with E-state index in [1.165, 1.54) is 0 Å². The van der Waals surface area contributed by atoms with Crippen LogP contribution in [0, 0.1) is 18.8 Å². The Kier molecular flexibility index (Phi) is 8.86. The second-order valence-electron chi connectivity index (χ2n) is 6.52. The number of carbonyl (C=O) groups is 1. The van der Waals surface area contributed by atoms with Crippen molar-refractivity contribution in [3.8, 4) is 0 Å². The highest BCUT2D eigenvalue weighted by Crippen LogP contribution is 2.10. The van der Waals surface area contributed by atoms with Crippen LogP contribution in [0.5, 0.6) is 0 Å². The van der Waals surface area contributed by atoms with E-state index in [9.17, 15) is 4.79 Å². The molecule has 4 heteroatoms. The summed E-state index contributed by atoms with van der Waals surface area (Å²) in [5.74, 6) is 0.492. The zero-order chi connectivity index (χ0) is 18.8. The molecule has 0 saturated carbocycles. The SMILES string of the molecule is CC(C)C(=S)Nc1ccccc1.Cc1cccc(NC(=O)C(C)C)c1. The molecule has 2 aromatic carbocycles. The molecule has 0 bridgehead atoms. The highest BCUT2D eigenvalue weighted by molar-refractivity contribution is 7.80. The lowest BCUT2D eigenvalue weighted by molar-refractivity contribution is -0.118. The van der Waals surface area contributed by atoms with Crippen molar-refractivity contribution in [3.05, 3.63) is 60.2 Å². The Morgan fingerprint density at radius 2 is 1.44 bits per heavy atom. The number of hydrogen-bond acceptors (Lipinski definition) is 2. The topological polar surface area (TPSA) is 41.1 Å². The van der Waals surface area contributed by atoms with Gasteiger partial charge in [0.05, 0.1) is 4.99 Å². The molecule has 0 unspecified atom stereocenters. The van der Waals surface area contributed by atoms with Crippen LogP contribution in [-0.4, -0.2) is 10.9 Å². The first-order valence-electron chi connectivity index (χ1n) is 8.53. The number of para-hydroxylation sites is 1. The predicted octanol–water partition coefficient (Wildman–Crippen LogP) is 5.67. The maximum absolute atomic E-state index is 11.3. The van der Waals surface area contributed by atoms with Gasteiger partial charge < -0.3 is 10.6 Å². The van der Waals surface area contributed by atoms with Crippen molar-refractivity contribution in [2.24, 2.45) is 11.8 Å². The molecular weight excluding hydrogens is 328 g/mol. The molecular formula is C21H28N2OS. The molecule has 0 aliphatic rings. The van der Waals surface area contributed by atoms with Crippen LogP contribution in [0.3, 0.4) is 0 Å². The number of carbonyl (C=O) groups excluding carboxylic acids is 1. The molecule has 2 N–H and O–H groups in total. The van der Waals surface area contributed by atoms with Crippen molar-refractivity contribution < 1.29 is 4.79 Å². The average molecular weight is 357 g/mol. The number of rotatable bonds is 4. The van der Waals surface area contributed by atoms with E-state index in [2.05, 4.69) is 24.5 Å². The van der Waals surface area contributed by atoms with E-state index in [0.29, 0.717) is 5.92 Å². The third-order valence-corrected chi connectivity index (χ3v) is 3.95. The molecule has 0 radical (unpaired) electrons. The summed E-state index contributed by atoms with van der Waals surface area (Å²) in [6, 6.07) is 17.8. The summed E-state index contributed by atoms with van der Waals surface area (Å²) in [5.41, 5.74) is 3.09. The van der Waals surface area contributed by atoms with Crippen LogP contribution in [0.15, 0.2) is 54.6 Å².